The van der Waals surface area contributed by atoms with E-state index in [4.69, 9.17) is 4.74 Å². The van der Waals surface area contributed by atoms with Crippen LogP contribution in [0.4, 0.5) is 5.69 Å². The average molecular weight is 438 g/mol. The van der Waals surface area contributed by atoms with E-state index in [9.17, 15) is 4.79 Å². The fourth-order valence-corrected chi connectivity index (χ4v) is 8.78. The van der Waals surface area contributed by atoms with Crippen molar-refractivity contribution in [1.29, 1.82) is 0 Å². The smallest absolute Gasteiger partial charge is 0.155 e. The third-order valence-electron chi connectivity index (χ3n) is 10.2. The molecule has 32 heavy (non-hydrogen) atoms. The van der Waals surface area contributed by atoms with Gasteiger partial charge in [-0.05, 0) is 118 Å². The number of anilines is 1. The van der Waals surface area contributed by atoms with Crippen molar-refractivity contribution < 1.29 is 9.53 Å². The summed E-state index contributed by atoms with van der Waals surface area (Å²) in [5.74, 6) is 5.96. The van der Waals surface area contributed by atoms with E-state index < -0.39 is 0 Å². The Hall–Kier alpha value is -1.35. The quantitative estimate of drug-likeness (QED) is 0.523. The number of Topliss-reactive ketones (excluding diaryl/α,β-unsaturated/α-hetero) is 1. The second kappa shape index (κ2) is 9.49. The molecule has 1 N–H and O–H groups in total. The summed E-state index contributed by atoms with van der Waals surface area (Å²) < 4.78 is 5.77. The summed E-state index contributed by atoms with van der Waals surface area (Å²) in [6.45, 7) is 6.92. The van der Waals surface area contributed by atoms with Crippen molar-refractivity contribution in [3.8, 4) is 0 Å². The van der Waals surface area contributed by atoms with Crippen LogP contribution in [0.15, 0.2) is 30.3 Å². The highest BCUT2D eigenvalue weighted by Gasteiger charge is 2.58. The highest BCUT2D eigenvalue weighted by atomic mass is 16.5. The number of carbonyl (C=O) groups excluding carboxylic acids is 1. The number of ketones is 1. The maximum absolute atomic E-state index is 13.3. The van der Waals surface area contributed by atoms with E-state index in [1.807, 2.05) is 18.2 Å². The monoisotopic (exact) mass is 437 g/mol. The number of para-hydroxylation sites is 1. The third-order valence-corrected chi connectivity index (χ3v) is 10.2. The molecule has 4 fully saturated rings. The van der Waals surface area contributed by atoms with Crippen LogP contribution in [0.2, 0.25) is 0 Å². The number of carbonyl (C=O) groups is 1. The van der Waals surface area contributed by atoms with Crippen LogP contribution < -0.4 is 5.32 Å². The van der Waals surface area contributed by atoms with Crippen molar-refractivity contribution in [2.75, 3.05) is 25.1 Å². The minimum atomic E-state index is 0.232. The van der Waals surface area contributed by atoms with Crippen LogP contribution in [0.1, 0.15) is 71.6 Å². The predicted octanol–water partition coefficient (Wildman–Crippen LogP) is 6.59. The molecule has 7 unspecified atom stereocenters. The van der Waals surface area contributed by atoms with E-state index in [1.54, 1.807) is 0 Å². The summed E-state index contributed by atoms with van der Waals surface area (Å²) in [6, 6.07) is 10.2. The molecular weight excluding hydrogens is 394 g/mol. The van der Waals surface area contributed by atoms with Gasteiger partial charge in [0.2, 0.25) is 0 Å². The summed E-state index contributed by atoms with van der Waals surface area (Å²) in [5, 5.41) is 3.39. The van der Waals surface area contributed by atoms with Crippen LogP contribution in [-0.2, 0) is 9.53 Å². The van der Waals surface area contributed by atoms with Crippen LogP contribution in [-0.4, -0.2) is 25.5 Å². The van der Waals surface area contributed by atoms with E-state index in [0.29, 0.717) is 12.3 Å². The molecule has 3 nitrogen and oxygen atoms in total. The van der Waals surface area contributed by atoms with E-state index in [1.165, 1.54) is 51.4 Å². The molecule has 176 valence electrons. The van der Waals surface area contributed by atoms with E-state index >= 15 is 0 Å². The predicted molar refractivity (Wildman–Crippen MR) is 131 cm³/mol. The molecule has 0 radical (unpaired) electrons. The van der Waals surface area contributed by atoms with Crippen molar-refractivity contribution in [1.82, 2.24) is 0 Å². The van der Waals surface area contributed by atoms with Gasteiger partial charge in [0.05, 0.1) is 6.54 Å². The molecular formula is C29H43NO2. The fourth-order valence-electron chi connectivity index (χ4n) is 8.78. The average Bonchev–Trinajstić information content (AvgIpc) is 3.19. The van der Waals surface area contributed by atoms with Crippen LogP contribution in [0, 0.1) is 46.8 Å². The Morgan fingerprint density at radius 3 is 2.62 bits per heavy atom. The van der Waals surface area contributed by atoms with Crippen LogP contribution >= 0.6 is 0 Å². The molecule has 0 heterocycles. The standard InChI is InChI=1S/C29H43NO2/c1-3-32-19-20-9-11-23-21(17-20)10-12-25-24(23)15-16-29(2)26(25)13-14-27(29)28(31)18-30-22-7-5-4-6-8-22/h4-8,20-21,23-27,30H,3,9-19H2,1-2H3/t20?,21?,23?,24?,25?,26?,27-,29?/m1/s1. The number of fused-ring (bicyclic) bond motifs is 5. The Labute approximate surface area is 195 Å². The normalized spacial score (nSPS) is 40.8. The van der Waals surface area contributed by atoms with E-state index in [2.05, 4.69) is 31.3 Å². The van der Waals surface area contributed by atoms with Gasteiger partial charge < -0.3 is 10.1 Å². The van der Waals surface area contributed by atoms with Gasteiger partial charge in [-0.15, -0.1) is 0 Å². The minimum Gasteiger partial charge on any atom is -0.381 e. The largest absolute Gasteiger partial charge is 0.381 e. The molecule has 0 aromatic heterocycles. The second-order valence-electron chi connectivity index (χ2n) is 11.6. The molecule has 3 heteroatoms. The van der Waals surface area contributed by atoms with Gasteiger partial charge in [0.25, 0.3) is 0 Å². The zero-order chi connectivity index (χ0) is 22.1. The molecule has 5 rings (SSSR count). The SMILES string of the molecule is CCOCC1CCC2C(CCC3C2CCC2(C)C3CC[C@@H]2C(=O)CNc2ccccc2)C1. The molecule has 0 bridgehead atoms. The van der Waals surface area contributed by atoms with E-state index in [0.717, 1.165) is 60.8 Å². The van der Waals surface area contributed by atoms with Gasteiger partial charge in [-0.2, -0.15) is 0 Å². The number of nitrogens with one attached hydrogen (secondary N) is 1. The second-order valence-corrected chi connectivity index (χ2v) is 11.6. The highest BCUT2D eigenvalue weighted by molar-refractivity contribution is 5.86. The van der Waals surface area contributed by atoms with Gasteiger partial charge in [0.15, 0.2) is 5.78 Å². The Morgan fingerprint density at radius 2 is 1.81 bits per heavy atom. The number of hydrogen-bond donors (Lipinski definition) is 1. The minimum absolute atomic E-state index is 0.232. The lowest BCUT2D eigenvalue weighted by atomic mass is 9.49. The first-order valence-electron chi connectivity index (χ1n) is 13.5. The molecule has 0 saturated heterocycles. The van der Waals surface area contributed by atoms with Gasteiger partial charge in [-0.3, -0.25) is 4.79 Å². The number of rotatable bonds is 7. The van der Waals surface area contributed by atoms with Gasteiger partial charge in [0, 0.05) is 24.8 Å². The first-order valence-corrected chi connectivity index (χ1v) is 13.5. The molecule has 4 aliphatic rings. The van der Waals surface area contributed by atoms with Crippen molar-refractivity contribution in [3.63, 3.8) is 0 Å². The van der Waals surface area contributed by atoms with Gasteiger partial charge in [0.1, 0.15) is 0 Å². The van der Waals surface area contributed by atoms with Crippen LogP contribution in [0.25, 0.3) is 0 Å². The van der Waals surface area contributed by atoms with Crippen molar-refractivity contribution >= 4 is 11.5 Å². The molecule has 4 aliphatic carbocycles. The summed E-state index contributed by atoms with van der Waals surface area (Å²) in [5.41, 5.74) is 1.29. The van der Waals surface area contributed by atoms with Gasteiger partial charge in [-0.25, -0.2) is 0 Å². The Balaban J connectivity index is 1.22. The highest BCUT2D eigenvalue weighted by Crippen LogP contribution is 2.64. The zero-order valence-electron chi connectivity index (χ0n) is 20.2. The van der Waals surface area contributed by atoms with Crippen LogP contribution in [0.5, 0.6) is 0 Å². The lowest BCUT2D eigenvalue weighted by molar-refractivity contribution is -0.128. The lowest BCUT2D eigenvalue weighted by Crippen LogP contribution is -2.49. The number of ether oxygens (including phenoxy) is 1. The van der Waals surface area contributed by atoms with Crippen molar-refractivity contribution in [2.24, 2.45) is 46.8 Å². The molecule has 8 atom stereocenters. The Bertz CT molecular complexity index is 779. The molecule has 0 aliphatic heterocycles. The first-order chi connectivity index (χ1) is 15.6. The fraction of sp³-hybridized carbons (Fsp3) is 0.759. The molecule has 0 amide bonds. The van der Waals surface area contributed by atoms with Crippen molar-refractivity contribution in [3.05, 3.63) is 30.3 Å². The van der Waals surface area contributed by atoms with Gasteiger partial charge in [-0.1, -0.05) is 25.1 Å². The summed E-state index contributed by atoms with van der Waals surface area (Å²) in [6.07, 6.45) is 12.1. The first kappa shape index (κ1) is 22.4. The zero-order valence-corrected chi connectivity index (χ0v) is 20.2. The maximum Gasteiger partial charge on any atom is 0.155 e. The molecule has 1 aromatic rings. The topological polar surface area (TPSA) is 38.3 Å². The van der Waals surface area contributed by atoms with E-state index in [-0.39, 0.29) is 11.3 Å². The summed E-state index contributed by atoms with van der Waals surface area (Å²) >= 11 is 0. The van der Waals surface area contributed by atoms with Gasteiger partial charge >= 0.3 is 0 Å². The third kappa shape index (κ3) is 4.15. The lowest BCUT2D eigenvalue weighted by Gasteiger charge is -2.56. The summed E-state index contributed by atoms with van der Waals surface area (Å²) in [7, 11) is 0. The van der Waals surface area contributed by atoms with Crippen molar-refractivity contribution in [2.45, 2.75) is 71.6 Å². The molecule has 0 spiro atoms. The number of hydrogen-bond acceptors (Lipinski definition) is 3. The molecule has 4 saturated carbocycles. The maximum atomic E-state index is 13.3. The Kier molecular flexibility index (Phi) is 6.65. The summed E-state index contributed by atoms with van der Waals surface area (Å²) in [4.78, 5) is 13.3. The Morgan fingerprint density at radius 1 is 1.00 bits per heavy atom. The van der Waals surface area contributed by atoms with Crippen LogP contribution in [0.3, 0.4) is 0 Å². The molecule has 1 aromatic carbocycles. The number of benzene rings is 1.